The summed E-state index contributed by atoms with van der Waals surface area (Å²) in [7, 11) is 2.74. The Bertz CT molecular complexity index is 1070. The number of esters is 2. The van der Waals surface area contributed by atoms with Crippen molar-refractivity contribution in [3.05, 3.63) is 66.8 Å². The van der Waals surface area contributed by atoms with Crippen molar-refractivity contribution < 1.29 is 19.1 Å². The number of benzene rings is 2. The van der Waals surface area contributed by atoms with Gasteiger partial charge in [0, 0.05) is 0 Å². The van der Waals surface area contributed by atoms with E-state index in [4.69, 9.17) is 9.47 Å². The van der Waals surface area contributed by atoms with E-state index in [9.17, 15) is 9.59 Å². The molecule has 0 saturated carbocycles. The van der Waals surface area contributed by atoms with Gasteiger partial charge in [-0.25, -0.2) is 9.59 Å². The quantitative estimate of drug-likeness (QED) is 0.281. The van der Waals surface area contributed by atoms with E-state index in [0.717, 1.165) is 75.3 Å². The molecule has 0 unspecified atom stereocenters. The molecule has 1 aliphatic rings. The predicted octanol–water partition coefficient (Wildman–Crippen LogP) is 7.18. The highest BCUT2D eigenvalue weighted by Gasteiger charge is 2.33. The van der Waals surface area contributed by atoms with Gasteiger partial charge in [-0.05, 0) is 108 Å². The predicted molar refractivity (Wildman–Crippen MR) is 147 cm³/mol. The van der Waals surface area contributed by atoms with Crippen molar-refractivity contribution in [3.63, 3.8) is 0 Å². The molecule has 0 atom stereocenters. The van der Waals surface area contributed by atoms with Crippen LogP contribution in [0.1, 0.15) is 130 Å². The number of ether oxygens (including phenoxy) is 2. The highest BCUT2D eigenvalue weighted by molar-refractivity contribution is 6.06. The molecule has 4 nitrogen and oxygen atoms in total. The maximum atomic E-state index is 12.9. The van der Waals surface area contributed by atoms with Crippen molar-refractivity contribution in [1.29, 1.82) is 0 Å². The zero-order valence-corrected chi connectivity index (χ0v) is 23.7. The van der Waals surface area contributed by atoms with Gasteiger partial charge in [0.1, 0.15) is 0 Å². The Balaban J connectivity index is 2.41. The van der Waals surface area contributed by atoms with Gasteiger partial charge in [0.2, 0.25) is 0 Å². The molecule has 0 radical (unpaired) electrons. The Hall–Kier alpha value is -2.62. The molecular weight excluding hydrogens is 448 g/mol. The molecule has 36 heavy (non-hydrogen) atoms. The molecular formula is C32H44O4. The zero-order valence-electron chi connectivity index (χ0n) is 23.7. The summed E-state index contributed by atoms with van der Waals surface area (Å²) in [4.78, 5) is 25.8. The lowest BCUT2D eigenvalue weighted by molar-refractivity contribution is 0.0553. The minimum atomic E-state index is -0.477. The standard InChI is InChI=1S/C32H44O4/c1-9-13-21-22(14-10-2)24(16-12-4)28-18-26-20(6)30(32(34)36-8)29(31(33)35-7)19(5)25(26)17-27(28)23(21)15-11-3/h9-18H2,1-8H3. The summed E-state index contributed by atoms with van der Waals surface area (Å²) in [6, 6.07) is 0. The molecule has 0 saturated heterocycles. The van der Waals surface area contributed by atoms with Crippen LogP contribution in [0.25, 0.3) is 0 Å². The van der Waals surface area contributed by atoms with Crippen LogP contribution >= 0.6 is 0 Å². The maximum Gasteiger partial charge on any atom is 0.339 e. The summed E-state index contributed by atoms with van der Waals surface area (Å²) >= 11 is 0. The molecule has 0 aliphatic heterocycles. The van der Waals surface area contributed by atoms with Crippen LogP contribution in [0.15, 0.2) is 0 Å². The van der Waals surface area contributed by atoms with E-state index < -0.39 is 11.9 Å². The molecule has 0 heterocycles. The van der Waals surface area contributed by atoms with E-state index in [-0.39, 0.29) is 0 Å². The average Bonchev–Trinajstić information content (AvgIpc) is 2.88. The molecule has 1 aliphatic carbocycles. The van der Waals surface area contributed by atoms with Crippen LogP contribution in [-0.4, -0.2) is 26.2 Å². The zero-order chi connectivity index (χ0) is 26.6. The molecule has 0 N–H and O–H groups in total. The van der Waals surface area contributed by atoms with Gasteiger partial charge in [0.25, 0.3) is 0 Å². The summed E-state index contributed by atoms with van der Waals surface area (Å²) < 4.78 is 10.3. The van der Waals surface area contributed by atoms with Crippen molar-refractivity contribution in [2.75, 3.05) is 14.2 Å². The first-order chi connectivity index (χ1) is 17.3. The summed E-state index contributed by atoms with van der Waals surface area (Å²) in [5.74, 6) is -0.954. The van der Waals surface area contributed by atoms with Crippen LogP contribution in [-0.2, 0) is 48.0 Å². The van der Waals surface area contributed by atoms with Crippen molar-refractivity contribution in [2.45, 2.75) is 106 Å². The van der Waals surface area contributed by atoms with Gasteiger partial charge in [-0.3, -0.25) is 0 Å². The third-order valence-corrected chi connectivity index (χ3v) is 7.94. The van der Waals surface area contributed by atoms with Crippen LogP contribution in [0.5, 0.6) is 0 Å². The van der Waals surface area contributed by atoms with E-state index in [1.54, 1.807) is 11.1 Å². The van der Waals surface area contributed by atoms with Gasteiger partial charge in [0.15, 0.2) is 0 Å². The average molecular weight is 493 g/mol. The summed E-state index contributed by atoms with van der Waals surface area (Å²) in [6.07, 6.45) is 10.5. The Morgan fingerprint density at radius 2 is 0.861 bits per heavy atom. The lowest BCUT2D eigenvalue weighted by Crippen LogP contribution is -2.24. The van der Waals surface area contributed by atoms with E-state index >= 15 is 0 Å². The molecule has 0 spiro atoms. The third-order valence-electron chi connectivity index (χ3n) is 7.94. The van der Waals surface area contributed by atoms with Crippen molar-refractivity contribution >= 4 is 11.9 Å². The van der Waals surface area contributed by atoms with Crippen LogP contribution in [0, 0.1) is 13.8 Å². The van der Waals surface area contributed by atoms with E-state index in [1.165, 1.54) is 47.6 Å². The summed E-state index contributed by atoms with van der Waals surface area (Å²) in [6.45, 7) is 13.0. The minimum Gasteiger partial charge on any atom is -0.465 e. The molecule has 3 rings (SSSR count). The van der Waals surface area contributed by atoms with Gasteiger partial charge in [-0.1, -0.05) is 53.4 Å². The fraction of sp³-hybridized carbons (Fsp3) is 0.562. The first kappa shape index (κ1) is 28.0. The van der Waals surface area contributed by atoms with Gasteiger partial charge >= 0.3 is 11.9 Å². The topological polar surface area (TPSA) is 52.6 Å². The number of hydrogen-bond donors (Lipinski definition) is 0. The summed E-state index contributed by atoms with van der Waals surface area (Å²) in [5, 5.41) is 0. The van der Waals surface area contributed by atoms with Crippen LogP contribution in [0.3, 0.4) is 0 Å². The number of fused-ring (bicyclic) bond motifs is 2. The largest absolute Gasteiger partial charge is 0.465 e. The molecule has 196 valence electrons. The van der Waals surface area contributed by atoms with Crippen LogP contribution < -0.4 is 0 Å². The number of carbonyl (C=O) groups excluding carboxylic acids is 2. The second-order valence-corrected chi connectivity index (χ2v) is 10.2. The number of rotatable bonds is 10. The lowest BCUT2D eigenvalue weighted by atomic mass is 9.71. The first-order valence-electron chi connectivity index (χ1n) is 13.8. The van der Waals surface area contributed by atoms with Gasteiger partial charge in [0.05, 0.1) is 25.3 Å². The molecule has 0 fully saturated rings. The van der Waals surface area contributed by atoms with Gasteiger partial charge < -0.3 is 9.47 Å². The van der Waals surface area contributed by atoms with E-state index in [0.29, 0.717) is 11.1 Å². The Morgan fingerprint density at radius 1 is 0.556 bits per heavy atom. The molecule has 0 amide bonds. The van der Waals surface area contributed by atoms with E-state index in [1.807, 2.05) is 13.8 Å². The second-order valence-electron chi connectivity index (χ2n) is 10.2. The number of carbonyl (C=O) groups is 2. The van der Waals surface area contributed by atoms with Crippen LogP contribution in [0.2, 0.25) is 0 Å². The SMILES string of the molecule is CCCc1c(CCC)c(CCC)c2c(c1CCC)Cc1c(C)c(C(=O)OC)c(C(=O)OC)c(C)c1C2. The smallest absolute Gasteiger partial charge is 0.339 e. The maximum absolute atomic E-state index is 12.9. The second kappa shape index (κ2) is 12.1. The van der Waals surface area contributed by atoms with Crippen molar-refractivity contribution in [2.24, 2.45) is 0 Å². The fourth-order valence-electron chi connectivity index (χ4n) is 6.40. The van der Waals surface area contributed by atoms with Crippen LogP contribution in [0.4, 0.5) is 0 Å². The minimum absolute atomic E-state index is 0.353. The molecule has 0 aromatic heterocycles. The number of hydrogen-bond acceptors (Lipinski definition) is 4. The Morgan fingerprint density at radius 3 is 1.14 bits per heavy atom. The number of methoxy groups -OCH3 is 2. The highest BCUT2D eigenvalue weighted by Crippen LogP contribution is 2.42. The molecule has 4 heteroatoms. The Labute approximate surface area is 217 Å². The van der Waals surface area contributed by atoms with Gasteiger partial charge in [-0.2, -0.15) is 0 Å². The normalized spacial score (nSPS) is 12.2. The van der Waals surface area contributed by atoms with Crippen molar-refractivity contribution in [1.82, 2.24) is 0 Å². The van der Waals surface area contributed by atoms with Gasteiger partial charge in [-0.15, -0.1) is 0 Å². The molecule has 2 aromatic carbocycles. The first-order valence-corrected chi connectivity index (χ1v) is 13.8. The fourth-order valence-corrected chi connectivity index (χ4v) is 6.40. The lowest BCUT2D eigenvalue weighted by Gasteiger charge is -2.33. The van der Waals surface area contributed by atoms with Crippen molar-refractivity contribution in [3.8, 4) is 0 Å². The third kappa shape index (κ3) is 4.84. The highest BCUT2D eigenvalue weighted by atomic mass is 16.5. The van der Waals surface area contributed by atoms with E-state index in [2.05, 4.69) is 27.7 Å². The Kier molecular flexibility index (Phi) is 9.38. The molecule has 2 aromatic rings. The molecule has 0 bridgehead atoms. The summed E-state index contributed by atoms with van der Waals surface area (Å²) in [5.41, 5.74) is 14.0. The monoisotopic (exact) mass is 492 g/mol.